The molecule has 0 unspecified atom stereocenters. The Labute approximate surface area is 175 Å². The van der Waals surface area contributed by atoms with Crippen LogP contribution in [0.1, 0.15) is 10.4 Å². The summed E-state index contributed by atoms with van der Waals surface area (Å²) >= 11 is 11.8. The number of nitrogens with zero attached hydrogens (tertiary/aromatic N) is 4. The highest BCUT2D eigenvalue weighted by Crippen LogP contribution is 2.34. The Kier molecular flexibility index (Phi) is 6.10. The molecular weight excluding hydrogens is 419 g/mol. The third kappa shape index (κ3) is 4.53. The first-order chi connectivity index (χ1) is 13.9. The Hall–Kier alpha value is -3.43. The van der Waals surface area contributed by atoms with Crippen molar-refractivity contribution in [1.82, 2.24) is 15.4 Å². The lowest BCUT2D eigenvalue weighted by Crippen LogP contribution is -2.30. The van der Waals surface area contributed by atoms with Gasteiger partial charge in [0.25, 0.3) is 5.91 Å². The lowest BCUT2D eigenvalue weighted by atomic mass is 10.2. The number of para-hydroxylation sites is 1. The Morgan fingerprint density at radius 1 is 1.14 bits per heavy atom. The number of carbonyl (C=O) groups excluding carboxylic acids is 1. The van der Waals surface area contributed by atoms with E-state index in [4.69, 9.17) is 23.2 Å². The molecule has 0 atom stereocenters. The Morgan fingerprint density at radius 2 is 1.86 bits per heavy atom. The third-order valence-electron chi connectivity index (χ3n) is 3.92. The Morgan fingerprint density at radius 3 is 2.52 bits per heavy atom. The highest BCUT2D eigenvalue weighted by molar-refractivity contribution is 6.36. The van der Waals surface area contributed by atoms with Gasteiger partial charge < -0.3 is 4.90 Å². The number of nitro groups is 1. The second-order valence-corrected chi connectivity index (χ2v) is 6.59. The molecule has 0 aliphatic rings. The van der Waals surface area contributed by atoms with Gasteiger partial charge in [0.05, 0.1) is 15.5 Å². The molecule has 0 aliphatic heterocycles. The number of benzene rings is 2. The molecule has 2 N–H and O–H groups in total. The molecule has 0 saturated carbocycles. The number of carbonyl (C=O) groups is 1. The van der Waals surface area contributed by atoms with Gasteiger partial charge in [-0.1, -0.05) is 41.4 Å². The predicted octanol–water partition coefficient (Wildman–Crippen LogP) is 4.22. The van der Waals surface area contributed by atoms with Gasteiger partial charge in [-0.15, -0.1) is 0 Å². The first-order valence-corrected chi connectivity index (χ1v) is 8.93. The summed E-state index contributed by atoms with van der Waals surface area (Å²) in [5, 5.41) is 12.2. The van der Waals surface area contributed by atoms with E-state index in [0.29, 0.717) is 10.7 Å². The van der Waals surface area contributed by atoms with E-state index in [2.05, 4.69) is 20.8 Å². The maximum absolute atomic E-state index is 12.3. The normalized spacial score (nSPS) is 10.3. The molecule has 0 saturated heterocycles. The maximum Gasteiger partial charge on any atom is 0.355 e. The number of anilines is 3. The van der Waals surface area contributed by atoms with Crippen molar-refractivity contribution >= 4 is 52.1 Å². The topological polar surface area (TPSA) is 113 Å². The average molecular weight is 433 g/mol. The minimum atomic E-state index is -0.626. The lowest BCUT2D eigenvalue weighted by molar-refractivity contribution is -0.383. The van der Waals surface area contributed by atoms with Gasteiger partial charge in [-0.2, -0.15) is 0 Å². The molecule has 0 aliphatic carbocycles. The van der Waals surface area contributed by atoms with E-state index in [-0.39, 0.29) is 22.2 Å². The molecule has 1 heterocycles. The maximum atomic E-state index is 12.3. The zero-order valence-corrected chi connectivity index (χ0v) is 16.5. The van der Waals surface area contributed by atoms with E-state index in [9.17, 15) is 14.9 Å². The van der Waals surface area contributed by atoms with E-state index < -0.39 is 16.5 Å². The number of aromatic nitrogens is 2. The fourth-order valence-corrected chi connectivity index (χ4v) is 3.00. The van der Waals surface area contributed by atoms with E-state index in [1.54, 1.807) is 36.2 Å². The van der Waals surface area contributed by atoms with Crippen LogP contribution in [0.25, 0.3) is 0 Å². The molecule has 148 valence electrons. The molecular formula is C18H14Cl2N6O3. The summed E-state index contributed by atoms with van der Waals surface area (Å²) in [6.45, 7) is 0. The quantitative estimate of drug-likeness (QED) is 0.442. The van der Waals surface area contributed by atoms with Crippen LogP contribution in [0, 0.1) is 10.1 Å². The van der Waals surface area contributed by atoms with Gasteiger partial charge in [-0.05, 0) is 30.3 Å². The number of rotatable bonds is 6. The van der Waals surface area contributed by atoms with Gasteiger partial charge in [0.1, 0.15) is 6.33 Å². The van der Waals surface area contributed by atoms with Crippen LogP contribution in [-0.2, 0) is 0 Å². The van der Waals surface area contributed by atoms with E-state index in [1.807, 2.05) is 6.07 Å². The molecule has 1 aromatic heterocycles. The number of hydrazine groups is 1. The summed E-state index contributed by atoms with van der Waals surface area (Å²) in [6, 6.07) is 13.3. The number of hydrogen-bond acceptors (Lipinski definition) is 7. The zero-order valence-electron chi connectivity index (χ0n) is 15.0. The molecule has 3 aromatic rings. The minimum absolute atomic E-state index is 0.0532. The number of hydrogen-bond donors (Lipinski definition) is 2. The van der Waals surface area contributed by atoms with Crippen LogP contribution in [0.15, 0.2) is 54.9 Å². The number of amides is 1. The summed E-state index contributed by atoms with van der Waals surface area (Å²) in [7, 11) is 1.64. The smallest absolute Gasteiger partial charge is 0.324 e. The predicted molar refractivity (Wildman–Crippen MR) is 111 cm³/mol. The first-order valence-electron chi connectivity index (χ1n) is 8.18. The molecule has 29 heavy (non-hydrogen) atoms. The molecule has 0 spiro atoms. The van der Waals surface area contributed by atoms with Gasteiger partial charge >= 0.3 is 5.69 Å². The first kappa shape index (κ1) is 20.3. The van der Waals surface area contributed by atoms with Crippen LogP contribution in [0.4, 0.5) is 23.0 Å². The lowest BCUT2D eigenvalue weighted by Gasteiger charge is -2.19. The molecule has 0 radical (unpaired) electrons. The molecule has 1 amide bonds. The Bertz CT molecular complexity index is 1060. The molecule has 0 fully saturated rings. The van der Waals surface area contributed by atoms with Crippen molar-refractivity contribution in [3.05, 3.63) is 80.6 Å². The van der Waals surface area contributed by atoms with Crippen molar-refractivity contribution in [2.75, 3.05) is 17.4 Å². The fraction of sp³-hybridized carbons (Fsp3) is 0.0556. The van der Waals surface area contributed by atoms with Crippen molar-refractivity contribution < 1.29 is 9.72 Å². The second-order valence-electron chi connectivity index (χ2n) is 5.75. The number of halogens is 2. The SMILES string of the molecule is CN(c1ccccc1)c1ncnc(NNC(=O)c2ccc(Cl)cc2Cl)c1[N+](=O)[O-]. The summed E-state index contributed by atoms with van der Waals surface area (Å²) in [5.41, 5.74) is 5.25. The van der Waals surface area contributed by atoms with E-state index >= 15 is 0 Å². The fourth-order valence-electron chi connectivity index (χ4n) is 2.51. The van der Waals surface area contributed by atoms with E-state index in [0.717, 1.165) is 6.33 Å². The van der Waals surface area contributed by atoms with Crippen molar-refractivity contribution in [2.24, 2.45) is 0 Å². The second kappa shape index (κ2) is 8.72. The van der Waals surface area contributed by atoms with Crippen LogP contribution >= 0.6 is 23.2 Å². The van der Waals surface area contributed by atoms with Crippen LogP contribution in [0.5, 0.6) is 0 Å². The van der Waals surface area contributed by atoms with Gasteiger partial charge in [-0.25, -0.2) is 9.97 Å². The van der Waals surface area contributed by atoms with Crippen molar-refractivity contribution in [3.63, 3.8) is 0 Å². The summed E-state index contributed by atoms with van der Waals surface area (Å²) < 4.78 is 0. The van der Waals surface area contributed by atoms with Gasteiger partial charge in [0.15, 0.2) is 0 Å². The van der Waals surface area contributed by atoms with Crippen molar-refractivity contribution in [1.29, 1.82) is 0 Å². The summed E-state index contributed by atoms with van der Waals surface area (Å²) in [4.78, 5) is 32.9. The molecule has 2 aromatic carbocycles. The standard InChI is InChI=1S/C18H14Cl2N6O3/c1-25(12-5-3-2-4-6-12)17-15(26(28)29)16(21-10-22-17)23-24-18(27)13-8-7-11(19)9-14(13)20/h2-10H,1H3,(H,24,27)(H,21,22,23). The summed E-state index contributed by atoms with van der Waals surface area (Å²) in [6.07, 6.45) is 1.16. The molecule has 3 rings (SSSR count). The highest BCUT2D eigenvalue weighted by atomic mass is 35.5. The minimum Gasteiger partial charge on any atom is -0.324 e. The summed E-state index contributed by atoms with van der Waals surface area (Å²) in [5.74, 6) is -0.740. The van der Waals surface area contributed by atoms with Gasteiger partial charge in [-0.3, -0.25) is 25.8 Å². The Balaban J connectivity index is 1.88. The number of nitrogens with one attached hydrogen (secondary N) is 2. The third-order valence-corrected chi connectivity index (χ3v) is 4.46. The molecule has 11 heteroatoms. The van der Waals surface area contributed by atoms with Crippen molar-refractivity contribution in [2.45, 2.75) is 0 Å². The highest BCUT2D eigenvalue weighted by Gasteiger charge is 2.26. The van der Waals surface area contributed by atoms with Gasteiger partial charge in [0, 0.05) is 17.8 Å². The van der Waals surface area contributed by atoms with Crippen LogP contribution in [0.2, 0.25) is 10.0 Å². The van der Waals surface area contributed by atoms with Crippen LogP contribution in [0.3, 0.4) is 0 Å². The average Bonchev–Trinajstić information content (AvgIpc) is 2.71. The van der Waals surface area contributed by atoms with Crippen LogP contribution < -0.4 is 15.8 Å². The van der Waals surface area contributed by atoms with Crippen LogP contribution in [-0.4, -0.2) is 27.8 Å². The molecule has 0 bridgehead atoms. The zero-order chi connectivity index (χ0) is 21.0. The molecule has 9 nitrogen and oxygen atoms in total. The van der Waals surface area contributed by atoms with E-state index in [1.165, 1.54) is 18.2 Å². The van der Waals surface area contributed by atoms with Gasteiger partial charge in [0.2, 0.25) is 11.6 Å². The van der Waals surface area contributed by atoms with Crippen molar-refractivity contribution in [3.8, 4) is 0 Å². The largest absolute Gasteiger partial charge is 0.355 e. The monoisotopic (exact) mass is 432 g/mol.